The van der Waals surface area contributed by atoms with Crippen LogP contribution < -0.4 is 10.1 Å². The number of aryl methyl sites for hydroxylation is 1. The second kappa shape index (κ2) is 8.85. The second-order valence-electron chi connectivity index (χ2n) is 5.29. The SMILES string of the molecule is COC(=O)c1cc(CSCC(=O)Nc2ccc(OC(F)(F)F)cc2)oc1C. The molecule has 2 aromatic rings. The number of furan rings is 1. The number of alkyl halides is 3. The van der Waals surface area contributed by atoms with Crippen LogP contribution in [-0.4, -0.2) is 31.1 Å². The van der Waals surface area contributed by atoms with E-state index in [0.717, 1.165) is 12.1 Å². The molecule has 0 atom stereocenters. The predicted octanol–water partition coefficient (Wildman–Crippen LogP) is 4.15. The zero-order chi connectivity index (χ0) is 20.0. The van der Waals surface area contributed by atoms with Crippen molar-refractivity contribution >= 4 is 29.3 Å². The third-order valence-corrected chi connectivity index (χ3v) is 4.18. The summed E-state index contributed by atoms with van der Waals surface area (Å²) in [6, 6.07) is 6.39. The van der Waals surface area contributed by atoms with E-state index in [9.17, 15) is 22.8 Å². The number of anilines is 1. The summed E-state index contributed by atoms with van der Waals surface area (Å²) in [5.41, 5.74) is 0.677. The van der Waals surface area contributed by atoms with Gasteiger partial charge in [0.15, 0.2) is 0 Å². The molecular formula is C17H16F3NO5S. The topological polar surface area (TPSA) is 77.8 Å². The van der Waals surface area contributed by atoms with Gasteiger partial charge in [-0.1, -0.05) is 0 Å². The molecule has 10 heteroatoms. The van der Waals surface area contributed by atoms with Gasteiger partial charge in [0.2, 0.25) is 5.91 Å². The number of nitrogens with one attached hydrogen (secondary N) is 1. The van der Waals surface area contributed by atoms with E-state index in [2.05, 4.69) is 14.8 Å². The number of benzene rings is 1. The number of thioether (sulfide) groups is 1. The summed E-state index contributed by atoms with van der Waals surface area (Å²) in [7, 11) is 1.27. The molecule has 1 amide bonds. The van der Waals surface area contributed by atoms with Crippen LogP contribution in [0.2, 0.25) is 0 Å². The molecule has 0 spiro atoms. The first-order chi connectivity index (χ1) is 12.7. The number of carbonyl (C=O) groups excluding carboxylic acids is 2. The highest BCUT2D eigenvalue weighted by Crippen LogP contribution is 2.24. The Labute approximate surface area is 157 Å². The molecular weight excluding hydrogens is 387 g/mol. The zero-order valence-corrected chi connectivity index (χ0v) is 15.2. The van der Waals surface area contributed by atoms with Gasteiger partial charge in [-0.2, -0.15) is 0 Å². The van der Waals surface area contributed by atoms with Crippen LogP contribution >= 0.6 is 11.8 Å². The lowest BCUT2D eigenvalue weighted by atomic mass is 10.2. The molecule has 2 rings (SSSR count). The molecule has 0 saturated carbocycles. The van der Waals surface area contributed by atoms with Crippen LogP contribution in [0.3, 0.4) is 0 Å². The highest BCUT2D eigenvalue weighted by molar-refractivity contribution is 7.99. The Kier molecular flexibility index (Phi) is 6.78. The van der Waals surface area contributed by atoms with Crippen molar-refractivity contribution in [2.24, 2.45) is 0 Å². The van der Waals surface area contributed by atoms with Crippen molar-refractivity contribution in [2.45, 2.75) is 19.0 Å². The van der Waals surface area contributed by atoms with Gasteiger partial charge in [-0.25, -0.2) is 4.79 Å². The van der Waals surface area contributed by atoms with Crippen LogP contribution in [0.15, 0.2) is 34.7 Å². The number of hydrogen-bond acceptors (Lipinski definition) is 6. The predicted molar refractivity (Wildman–Crippen MR) is 92.7 cm³/mol. The Morgan fingerprint density at radius 1 is 1.22 bits per heavy atom. The summed E-state index contributed by atoms with van der Waals surface area (Å²) in [6.45, 7) is 1.64. The average molecular weight is 403 g/mol. The van der Waals surface area contributed by atoms with E-state index in [1.807, 2.05) is 0 Å². The van der Waals surface area contributed by atoms with E-state index in [4.69, 9.17) is 4.42 Å². The maximum Gasteiger partial charge on any atom is 0.573 e. The molecule has 146 valence electrons. The molecule has 0 bridgehead atoms. The lowest BCUT2D eigenvalue weighted by Gasteiger charge is -2.09. The first-order valence-electron chi connectivity index (χ1n) is 7.59. The number of ether oxygens (including phenoxy) is 2. The fraction of sp³-hybridized carbons (Fsp3) is 0.294. The largest absolute Gasteiger partial charge is 0.573 e. The van der Waals surface area contributed by atoms with Crippen LogP contribution in [0.1, 0.15) is 21.9 Å². The minimum atomic E-state index is -4.76. The van der Waals surface area contributed by atoms with Crippen LogP contribution in [0.4, 0.5) is 18.9 Å². The maximum atomic E-state index is 12.1. The van der Waals surface area contributed by atoms with E-state index in [-0.39, 0.29) is 17.4 Å². The van der Waals surface area contributed by atoms with Crippen molar-refractivity contribution in [1.82, 2.24) is 0 Å². The van der Waals surface area contributed by atoms with Crippen molar-refractivity contribution in [1.29, 1.82) is 0 Å². The van der Waals surface area contributed by atoms with E-state index in [0.29, 0.717) is 28.5 Å². The number of rotatable bonds is 7. The molecule has 0 unspecified atom stereocenters. The quantitative estimate of drug-likeness (QED) is 0.700. The lowest BCUT2D eigenvalue weighted by molar-refractivity contribution is -0.274. The van der Waals surface area contributed by atoms with Crippen LogP contribution in [0.5, 0.6) is 5.75 Å². The van der Waals surface area contributed by atoms with Gasteiger partial charge in [0.05, 0.1) is 18.6 Å². The van der Waals surface area contributed by atoms with Crippen molar-refractivity contribution in [2.75, 3.05) is 18.2 Å². The van der Waals surface area contributed by atoms with Crippen molar-refractivity contribution < 1.29 is 36.7 Å². The van der Waals surface area contributed by atoms with Gasteiger partial charge < -0.3 is 19.2 Å². The minimum absolute atomic E-state index is 0.0914. The third-order valence-electron chi connectivity index (χ3n) is 3.22. The lowest BCUT2D eigenvalue weighted by Crippen LogP contribution is -2.17. The number of halogens is 3. The van der Waals surface area contributed by atoms with Crippen molar-refractivity contribution in [3.63, 3.8) is 0 Å². The summed E-state index contributed by atoms with van der Waals surface area (Å²) in [4.78, 5) is 23.4. The Hall–Kier alpha value is -2.62. The number of amides is 1. The van der Waals surface area contributed by atoms with Gasteiger partial charge in [0, 0.05) is 5.69 Å². The van der Waals surface area contributed by atoms with Gasteiger partial charge in [0.1, 0.15) is 22.8 Å². The van der Waals surface area contributed by atoms with Gasteiger partial charge in [0.25, 0.3) is 0 Å². The summed E-state index contributed by atoms with van der Waals surface area (Å²) in [5.74, 6) is 0.216. The highest BCUT2D eigenvalue weighted by Gasteiger charge is 2.30. The van der Waals surface area contributed by atoms with Crippen LogP contribution in [0, 0.1) is 6.92 Å². The summed E-state index contributed by atoms with van der Waals surface area (Å²) < 4.78 is 50.1. The standard InChI is InChI=1S/C17H16F3NO5S/c1-10-14(16(23)24-2)7-13(25-10)8-27-9-15(22)21-11-3-5-12(6-4-11)26-17(18,19)20/h3-7H,8-9H2,1-2H3,(H,21,22). The molecule has 0 fully saturated rings. The van der Waals surface area contributed by atoms with E-state index in [1.54, 1.807) is 13.0 Å². The fourth-order valence-electron chi connectivity index (χ4n) is 2.11. The molecule has 1 heterocycles. The Morgan fingerprint density at radius 2 is 1.89 bits per heavy atom. The Balaban J connectivity index is 1.80. The van der Waals surface area contributed by atoms with Gasteiger partial charge in [-0.05, 0) is 37.3 Å². The normalized spacial score (nSPS) is 11.1. The van der Waals surface area contributed by atoms with Crippen LogP contribution in [-0.2, 0) is 15.3 Å². The molecule has 0 aliphatic rings. The molecule has 1 aromatic heterocycles. The smallest absolute Gasteiger partial charge is 0.465 e. The van der Waals surface area contributed by atoms with Crippen LogP contribution in [0.25, 0.3) is 0 Å². The zero-order valence-electron chi connectivity index (χ0n) is 14.4. The molecule has 0 saturated heterocycles. The Bertz CT molecular complexity index is 802. The average Bonchev–Trinajstić information content (AvgIpc) is 2.95. The van der Waals surface area contributed by atoms with Gasteiger partial charge in [-0.15, -0.1) is 24.9 Å². The Morgan fingerprint density at radius 3 is 2.48 bits per heavy atom. The second-order valence-corrected chi connectivity index (χ2v) is 6.27. The van der Waals surface area contributed by atoms with Gasteiger partial charge in [-0.3, -0.25) is 4.79 Å². The number of methoxy groups -OCH3 is 1. The molecule has 1 N–H and O–H groups in total. The molecule has 0 aliphatic carbocycles. The fourth-order valence-corrected chi connectivity index (χ4v) is 2.81. The van der Waals surface area contributed by atoms with Crippen molar-refractivity contribution in [3.8, 4) is 5.75 Å². The highest BCUT2D eigenvalue weighted by atomic mass is 32.2. The van der Waals surface area contributed by atoms with E-state index >= 15 is 0 Å². The summed E-state index contributed by atoms with van der Waals surface area (Å²) >= 11 is 1.25. The number of esters is 1. The summed E-state index contributed by atoms with van der Waals surface area (Å²) in [6.07, 6.45) is -4.76. The molecule has 6 nitrogen and oxygen atoms in total. The van der Waals surface area contributed by atoms with Crippen molar-refractivity contribution in [3.05, 3.63) is 47.4 Å². The summed E-state index contributed by atoms with van der Waals surface area (Å²) in [5, 5.41) is 2.56. The van der Waals surface area contributed by atoms with E-state index < -0.39 is 12.3 Å². The third kappa shape index (κ3) is 6.55. The molecule has 1 aromatic carbocycles. The first-order valence-corrected chi connectivity index (χ1v) is 8.74. The van der Waals surface area contributed by atoms with Gasteiger partial charge >= 0.3 is 12.3 Å². The van der Waals surface area contributed by atoms with E-state index in [1.165, 1.54) is 31.0 Å². The molecule has 0 radical (unpaired) electrons. The number of hydrogen-bond donors (Lipinski definition) is 1. The first kappa shape index (κ1) is 20.7. The molecule has 0 aliphatic heterocycles. The number of carbonyl (C=O) groups is 2. The minimum Gasteiger partial charge on any atom is -0.465 e. The maximum absolute atomic E-state index is 12.1. The molecule has 27 heavy (non-hydrogen) atoms. The monoisotopic (exact) mass is 403 g/mol.